The van der Waals surface area contributed by atoms with E-state index in [0.717, 1.165) is 29.3 Å². The van der Waals surface area contributed by atoms with E-state index in [-0.39, 0.29) is 6.10 Å². The van der Waals surface area contributed by atoms with Gasteiger partial charge in [-0.1, -0.05) is 23.8 Å². The smallest absolute Gasteiger partial charge is 0.131 e. The molecule has 0 saturated heterocycles. The topological polar surface area (TPSA) is 12.5 Å². The molecule has 1 aliphatic heterocycles. The molecule has 0 bridgehead atoms. The first kappa shape index (κ1) is 12.9. The third-order valence-electron chi connectivity index (χ3n) is 2.72. The number of fused-ring (bicyclic) bond motifs is 1. The van der Waals surface area contributed by atoms with Gasteiger partial charge in [-0.3, -0.25) is 0 Å². The molecule has 1 atom stereocenters. The maximum Gasteiger partial charge on any atom is 0.131 e. The van der Waals surface area contributed by atoms with Crippen molar-refractivity contribution in [3.63, 3.8) is 0 Å². The molecule has 2 rings (SSSR count). The van der Waals surface area contributed by atoms with Crippen molar-refractivity contribution >= 4 is 40.4 Å². The zero-order chi connectivity index (χ0) is 12.4. The highest BCUT2D eigenvalue weighted by atomic mass is 35.5. The Morgan fingerprint density at radius 3 is 3.00 bits per heavy atom. The number of halogens is 2. The van der Waals surface area contributed by atoms with Gasteiger partial charge in [0, 0.05) is 18.0 Å². The van der Waals surface area contributed by atoms with Gasteiger partial charge in [0.15, 0.2) is 0 Å². The van der Waals surface area contributed by atoms with Gasteiger partial charge in [-0.2, -0.15) is 0 Å². The lowest BCUT2D eigenvalue weighted by Crippen LogP contribution is -2.33. The van der Waals surface area contributed by atoms with Crippen LogP contribution in [0.15, 0.2) is 18.2 Å². The van der Waals surface area contributed by atoms with Crippen molar-refractivity contribution in [2.24, 2.45) is 0 Å². The molecule has 0 aromatic heterocycles. The predicted octanol–water partition coefficient (Wildman–Crippen LogP) is 3.34. The molecule has 1 aromatic rings. The Kier molecular flexibility index (Phi) is 4.13. The Bertz CT molecular complexity index is 439. The fourth-order valence-electron chi connectivity index (χ4n) is 1.85. The minimum atomic E-state index is 0.0511. The molecular weight excluding hydrogens is 277 g/mol. The van der Waals surface area contributed by atoms with Gasteiger partial charge >= 0.3 is 0 Å². The molecule has 17 heavy (non-hydrogen) atoms. The van der Waals surface area contributed by atoms with E-state index in [9.17, 15) is 0 Å². The molecule has 0 N–H and O–H groups in total. The van der Waals surface area contributed by atoms with Crippen LogP contribution in [0.2, 0.25) is 5.02 Å². The lowest BCUT2D eigenvalue weighted by Gasteiger charge is -2.20. The number of alkyl halides is 1. The Morgan fingerprint density at radius 1 is 1.53 bits per heavy atom. The average Bonchev–Trinajstić information content (AvgIpc) is 2.38. The van der Waals surface area contributed by atoms with Crippen molar-refractivity contribution in [1.29, 1.82) is 0 Å². The molecule has 0 spiro atoms. The van der Waals surface area contributed by atoms with Gasteiger partial charge in [-0.05, 0) is 24.6 Å². The normalized spacial score (nSPS) is 19.6. The van der Waals surface area contributed by atoms with Gasteiger partial charge in [0.2, 0.25) is 0 Å². The maximum atomic E-state index is 5.98. The van der Waals surface area contributed by atoms with Crippen molar-refractivity contribution in [3.8, 4) is 5.75 Å². The monoisotopic (exact) mass is 289 g/mol. The summed E-state index contributed by atoms with van der Waals surface area (Å²) in [7, 11) is 1.97. The zero-order valence-corrected chi connectivity index (χ0v) is 11.8. The fourth-order valence-corrected chi connectivity index (χ4v) is 2.50. The van der Waals surface area contributed by atoms with Crippen molar-refractivity contribution in [2.45, 2.75) is 12.5 Å². The number of hydrogen-bond donors (Lipinski definition) is 0. The largest absolute Gasteiger partial charge is 0.488 e. The summed E-state index contributed by atoms with van der Waals surface area (Å²) in [4.78, 5) is 2.81. The van der Waals surface area contributed by atoms with Crippen LogP contribution in [0, 0.1) is 0 Å². The predicted molar refractivity (Wildman–Crippen MR) is 75.5 cm³/mol. The van der Waals surface area contributed by atoms with E-state index in [1.165, 1.54) is 0 Å². The zero-order valence-electron chi connectivity index (χ0n) is 9.45. The summed E-state index contributed by atoms with van der Waals surface area (Å²) in [5.74, 6) is 1.32. The van der Waals surface area contributed by atoms with E-state index in [0.29, 0.717) is 10.9 Å². The Balaban J connectivity index is 2.37. The van der Waals surface area contributed by atoms with Crippen LogP contribution in [-0.2, 0) is 0 Å². The molecule has 2 nitrogen and oxygen atoms in total. The van der Waals surface area contributed by atoms with Crippen molar-refractivity contribution < 1.29 is 4.74 Å². The van der Waals surface area contributed by atoms with Crippen molar-refractivity contribution in [2.75, 3.05) is 19.5 Å². The number of thiocarbonyl (C=S) groups is 1. The SMILES string of the molecule is CN1CC(CCCl)Oc2cc(Cl)ccc2C1=S. The van der Waals surface area contributed by atoms with E-state index in [2.05, 4.69) is 0 Å². The van der Waals surface area contributed by atoms with Crippen molar-refractivity contribution in [1.82, 2.24) is 4.90 Å². The van der Waals surface area contributed by atoms with Gasteiger partial charge in [0.1, 0.15) is 16.8 Å². The first-order valence-corrected chi connectivity index (χ1v) is 6.71. The first-order valence-electron chi connectivity index (χ1n) is 5.39. The van der Waals surface area contributed by atoms with Crippen LogP contribution in [0.25, 0.3) is 0 Å². The number of hydrogen-bond acceptors (Lipinski definition) is 2. The first-order chi connectivity index (χ1) is 8.11. The number of rotatable bonds is 2. The number of likely N-dealkylation sites (N-methyl/N-ethyl adjacent to an activating group) is 1. The molecule has 0 radical (unpaired) electrons. The summed E-state index contributed by atoms with van der Waals surface area (Å²) in [6.45, 7) is 0.748. The molecular formula is C12H13Cl2NOS. The van der Waals surface area contributed by atoms with Crippen LogP contribution in [-0.4, -0.2) is 35.5 Å². The van der Waals surface area contributed by atoms with Gasteiger partial charge in [-0.25, -0.2) is 0 Å². The van der Waals surface area contributed by atoms with E-state index in [4.69, 9.17) is 40.2 Å². The second-order valence-electron chi connectivity index (χ2n) is 4.04. The van der Waals surface area contributed by atoms with Gasteiger partial charge < -0.3 is 9.64 Å². The number of benzene rings is 1. The highest BCUT2D eigenvalue weighted by Gasteiger charge is 2.23. The van der Waals surface area contributed by atoms with Crippen LogP contribution in [0.4, 0.5) is 0 Å². The molecule has 0 amide bonds. The van der Waals surface area contributed by atoms with E-state index < -0.39 is 0 Å². The highest BCUT2D eigenvalue weighted by Crippen LogP contribution is 2.29. The Hall–Kier alpha value is -0.510. The van der Waals surface area contributed by atoms with Crippen LogP contribution < -0.4 is 4.74 Å². The molecule has 1 aliphatic rings. The van der Waals surface area contributed by atoms with Crippen LogP contribution >= 0.6 is 35.4 Å². The van der Waals surface area contributed by atoms with Crippen LogP contribution in [0.3, 0.4) is 0 Å². The third-order valence-corrected chi connectivity index (χ3v) is 3.71. The average molecular weight is 290 g/mol. The third kappa shape index (κ3) is 2.84. The Morgan fingerprint density at radius 2 is 2.29 bits per heavy atom. The van der Waals surface area contributed by atoms with Gasteiger partial charge in [-0.15, -0.1) is 11.6 Å². The van der Waals surface area contributed by atoms with Crippen molar-refractivity contribution in [3.05, 3.63) is 28.8 Å². The molecule has 5 heteroatoms. The maximum absolute atomic E-state index is 5.98. The summed E-state index contributed by atoms with van der Waals surface area (Å²) in [6.07, 6.45) is 0.843. The molecule has 1 unspecified atom stereocenters. The lowest BCUT2D eigenvalue weighted by molar-refractivity contribution is 0.179. The summed E-state index contributed by atoms with van der Waals surface area (Å²) in [5.41, 5.74) is 0.920. The van der Waals surface area contributed by atoms with Gasteiger partial charge in [0.25, 0.3) is 0 Å². The number of nitrogens with zero attached hydrogens (tertiary/aromatic N) is 1. The van der Waals surface area contributed by atoms with E-state index in [1.807, 2.05) is 30.1 Å². The summed E-state index contributed by atoms with van der Waals surface area (Å²) >= 11 is 17.2. The standard InChI is InChI=1S/C12H13Cl2NOS/c1-15-7-9(4-5-13)16-11-6-8(14)2-3-10(11)12(15)17/h2-3,6,9H,4-5,7H2,1H3. The van der Waals surface area contributed by atoms with E-state index >= 15 is 0 Å². The summed E-state index contributed by atoms with van der Waals surface area (Å²) in [6, 6.07) is 5.54. The van der Waals surface area contributed by atoms with Crippen LogP contribution in [0.5, 0.6) is 5.75 Å². The molecule has 0 fully saturated rings. The second kappa shape index (κ2) is 5.42. The molecule has 92 valence electrons. The van der Waals surface area contributed by atoms with Crippen LogP contribution in [0.1, 0.15) is 12.0 Å². The quantitative estimate of drug-likeness (QED) is 0.612. The molecule has 0 aliphatic carbocycles. The molecule has 0 saturated carbocycles. The fraction of sp³-hybridized carbons (Fsp3) is 0.417. The van der Waals surface area contributed by atoms with Gasteiger partial charge in [0.05, 0.1) is 12.1 Å². The second-order valence-corrected chi connectivity index (χ2v) is 5.24. The summed E-state index contributed by atoms with van der Waals surface area (Å²) < 4.78 is 5.92. The minimum Gasteiger partial charge on any atom is -0.488 e. The Labute approximate surface area is 116 Å². The lowest BCUT2D eigenvalue weighted by atomic mass is 10.2. The summed E-state index contributed by atoms with van der Waals surface area (Å²) in [5, 5.41) is 0.653. The number of ether oxygens (including phenoxy) is 1. The molecule has 1 heterocycles. The molecule has 1 aromatic carbocycles. The minimum absolute atomic E-state index is 0.0511. The highest BCUT2D eigenvalue weighted by molar-refractivity contribution is 7.80. The van der Waals surface area contributed by atoms with E-state index in [1.54, 1.807) is 0 Å².